The molecule has 2 fully saturated rings. The van der Waals surface area contributed by atoms with Crippen molar-refractivity contribution in [2.24, 2.45) is 5.92 Å². The van der Waals surface area contributed by atoms with Crippen LogP contribution in [0.25, 0.3) is 0 Å². The van der Waals surface area contributed by atoms with E-state index in [1.165, 1.54) is 12.0 Å². The first-order chi connectivity index (χ1) is 13.6. The molecule has 6 nitrogen and oxygen atoms in total. The zero-order valence-corrected chi connectivity index (χ0v) is 17.2. The summed E-state index contributed by atoms with van der Waals surface area (Å²) in [6.45, 7) is 3.15. The Bertz CT molecular complexity index is 839. The van der Waals surface area contributed by atoms with Crippen LogP contribution in [0.15, 0.2) is 51.6 Å². The highest BCUT2D eigenvalue weighted by molar-refractivity contribution is 9.10. The van der Waals surface area contributed by atoms with Crippen LogP contribution in [0, 0.1) is 5.92 Å². The number of nitrogens with zero attached hydrogens (tertiary/aromatic N) is 2. The van der Waals surface area contributed by atoms with Gasteiger partial charge in [-0.05, 0) is 55.5 Å². The Morgan fingerprint density at radius 3 is 2.86 bits per heavy atom. The topological polar surface area (TPSA) is 65.8 Å². The summed E-state index contributed by atoms with van der Waals surface area (Å²) >= 11 is 3.52. The second-order valence-electron chi connectivity index (χ2n) is 7.46. The van der Waals surface area contributed by atoms with Crippen molar-refractivity contribution in [3.05, 3.63) is 52.9 Å². The van der Waals surface area contributed by atoms with Gasteiger partial charge < -0.3 is 19.5 Å². The molecule has 0 saturated carbocycles. The maximum Gasteiger partial charge on any atom is 0.290 e. The zero-order valence-electron chi connectivity index (χ0n) is 15.6. The molecule has 28 heavy (non-hydrogen) atoms. The largest absolute Gasteiger partial charge is 0.459 e. The number of hydrogen-bond acceptors (Lipinski definition) is 4. The van der Waals surface area contributed by atoms with E-state index in [1.807, 2.05) is 12.1 Å². The number of rotatable bonds is 5. The van der Waals surface area contributed by atoms with E-state index in [1.54, 1.807) is 17.0 Å². The number of amides is 2. The van der Waals surface area contributed by atoms with Crippen molar-refractivity contribution in [1.29, 1.82) is 0 Å². The number of anilines is 1. The summed E-state index contributed by atoms with van der Waals surface area (Å²) in [6.07, 6.45) is 4.07. The fourth-order valence-electron chi connectivity index (χ4n) is 4.09. The van der Waals surface area contributed by atoms with Gasteiger partial charge in [0.1, 0.15) is 6.04 Å². The number of halogens is 1. The van der Waals surface area contributed by atoms with Gasteiger partial charge in [-0.15, -0.1) is 0 Å². The summed E-state index contributed by atoms with van der Waals surface area (Å²) < 4.78 is 6.28. The third-order valence-corrected chi connectivity index (χ3v) is 6.07. The van der Waals surface area contributed by atoms with Crippen molar-refractivity contribution in [1.82, 2.24) is 10.2 Å². The Hall–Kier alpha value is -2.28. The predicted octanol–water partition coefficient (Wildman–Crippen LogP) is 3.29. The molecule has 0 aliphatic carbocycles. The molecule has 1 aromatic carbocycles. The van der Waals surface area contributed by atoms with Gasteiger partial charge in [-0.25, -0.2) is 0 Å². The summed E-state index contributed by atoms with van der Waals surface area (Å²) in [5.74, 6) is 0.446. The molecule has 0 spiro atoms. The molecule has 0 radical (unpaired) electrons. The molecule has 2 unspecified atom stereocenters. The number of furan rings is 1. The van der Waals surface area contributed by atoms with Gasteiger partial charge in [0.05, 0.1) is 6.26 Å². The normalized spacial score (nSPS) is 21.9. The maximum absolute atomic E-state index is 12.7. The van der Waals surface area contributed by atoms with Gasteiger partial charge in [-0.3, -0.25) is 9.59 Å². The number of benzene rings is 1. The Kier molecular flexibility index (Phi) is 5.71. The minimum Gasteiger partial charge on any atom is -0.459 e. The summed E-state index contributed by atoms with van der Waals surface area (Å²) in [7, 11) is 0. The summed E-state index contributed by atoms with van der Waals surface area (Å²) in [5.41, 5.74) is 1.20. The lowest BCUT2D eigenvalue weighted by atomic mass is 10.1. The van der Waals surface area contributed by atoms with Gasteiger partial charge in [0.2, 0.25) is 5.91 Å². The van der Waals surface area contributed by atoms with Crippen LogP contribution in [0.1, 0.15) is 29.8 Å². The van der Waals surface area contributed by atoms with E-state index >= 15 is 0 Å². The SMILES string of the molecule is O=C(NCC1CCN(c2cccc(Br)c2)C1)C1CCCN1C(=O)c1ccco1. The summed E-state index contributed by atoms with van der Waals surface area (Å²) in [6, 6.07) is 11.2. The van der Waals surface area contributed by atoms with Crippen LogP contribution >= 0.6 is 15.9 Å². The van der Waals surface area contributed by atoms with Gasteiger partial charge in [0.25, 0.3) is 5.91 Å². The molecule has 148 valence electrons. The first-order valence-electron chi connectivity index (χ1n) is 9.74. The predicted molar refractivity (Wildman–Crippen MR) is 110 cm³/mol. The molecule has 3 heterocycles. The molecule has 2 atom stereocenters. The summed E-state index contributed by atoms with van der Waals surface area (Å²) in [4.78, 5) is 29.3. The van der Waals surface area contributed by atoms with E-state index in [2.05, 4.69) is 38.3 Å². The molecule has 4 rings (SSSR count). The molecular formula is C21H24BrN3O3. The lowest BCUT2D eigenvalue weighted by molar-refractivity contribution is -0.125. The molecule has 2 aliphatic rings. The molecule has 1 aromatic heterocycles. The van der Waals surface area contributed by atoms with Gasteiger partial charge >= 0.3 is 0 Å². The van der Waals surface area contributed by atoms with Crippen molar-refractivity contribution in [2.45, 2.75) is 25.3 Å². The molecule has 2 amide bonds. The van der Waals surface area contributed by atoms with E-state index in [-0.39, 0.29) is 11.8 Å². The van der Waals surface area contributed by atoms with Crippen LogP contribution in [0.2, 0.25) is 0 Å². The fourth-order valence-corrected chi connectivity index (χ4v) is 4.48. The van der Waals surface area contributed by atoms with Crippen LogP contribution in [-0.2, 0) is 4.79 Å². The molecule has 2 saturated heterocycles. The van der Waals surface area contributed by atoms with Crippen molar-refractivity contribution in [3.63, 3.8) is 0 Å². The van der Waals surface area contributed by atoms with E-state index in [4.69, 9.17) is 4.42 Å². The van der Waals surface area contributed by atoms with Crippen LogP contribution in [0.5, 0.6) is 0 Å². The Morgan fingerprint density at radius 1 is 1.18 bits per heavy atom. The molecular weight excluding hydrogens is 422 g/mol. The third kappa shape index (κ3) is 4.09. The number of carbonyl (C=O) groups is 2. The highest BCUT2D eigenvalue weighted by Gasteiger charge is 2.36. The van der Waals surface area contributed by atoms with Crippen LogP contribution in [0.4, 0.5) is 5.69 Å². The number of hydrogen-bond donors (Lipinski definition) is 1. The van der Waals surface area contributed by atoms with Crippen LogP contribution < -0.4 is 10.2 Å². The van der Waals surface area contributed by atoms with Crippen molar-refractivity contribution in [2.75, 3.05) is 31.1 Å². The Morgan fingerprint density at radius 2 is 2.07 bits per heavy atom. The van der Waals surface area contributed by atoms with Gasteiger partial charge in [-0.1, -0.05) is 22.0 Å². The first-order valence-corrected chi connectivity index (χ1v) is 10.5. The zero-order chi connectivity index (χ0) is 19.5. The molecule has 7 heteroatoms. The minimum atomic E-state index is -0.403. The minimum absolute atomic E-state index is 0.0571. The number of nitrogens with one attached hydrogen (secondary N) is 1. The second kappa shape index (κ2) is 8.39. The molecule has 1 N–H and O–H groups in total. The average molecular weight is 446 g/mol. The van der Waals surface area contributed by atoms with E-state index in [0.29, 0.717) is 31.2 Å². The van der Waals surface area contributed by atoms with Gasteiger partial charge in [0.15, 0.2) is 5.76 Å². The van der Waals surface area contributed by atoms with Crippen molar-refractivity contribution < 1.29 is 14.0 Å². The van der Waals surface area contributed by atoms with Crippen molar-refractivity contribution in [3.8, 4) is 0 Å². The second-order valence-corrected chi connectivity index (χ2v) is 8.38. The van der Waals surface area contributed by atoms with Crippen molar-refractivity contribution >= 4 is 33.4 Å². The van der Waals surface area contributed by atoms with E-state index in [9.17, 15) is 9.59 Å². The highest BCUT2D eigenvalue weighted by atomic mass is 79.9. The van der Waals surface area contributed by atoms with Gasteiger partial charge in [0, 0.05) is 36.3 Å². The number of likely N-dealkylation sites (tertiary alicyclic amines) is 1. The quantitative estimate of drug-likeness (QED) is 0.766. The smallest absolute Gasteiger partial charge is 0.290 e. The van der Waals surface area contributed by atoms with Crippen LogP contribution in [-0.4, -0.2) is 48.9 Å². The fraction of sp³-hybridized carbons (Fsp3) is 0.429. The summed E-state index contributed by atoms with van der Waals surface area (Å²) in [5, 5.41) is 3.08. The van der Waals surface area contributed by atoms with E-state index in [0.717, 1.165) is 30.4 Å². The van der Waals surface area contributed by atoms with Gasteiger partial charge in [-0.2, -0.15) is 0 Å². The van der Waals surface area contributed by atoms with Crippen LogP contribution in [0.3, 0.4) is 0 Å². The molecule has 2 aromatic rings. The molecule has 0 bridgehead atoms. The lowest BCUT2D eigenvalue weighted by Gasteiger charge is -2.24. The standard InChI is InChI=1S/C21H24BrN3O3/c22-16-4-1-5-17(12-16)24-10-8-15(14-24)13-23-20(26)18-6-2-9-25(18)21(27)19-7-3-11-28-19/h1,3-5,7,11-12,15,18H,2,6,8-10,13-14H2,(H,23,26). The number of carbonyl (C=O) groups excluding carboxylic acids is 2. The average Bonchev–Trinajstić information content (AvgIpc) is 3.47. The monoisotopic (exact) mass is 445 g/mol. The van der Waals surface area contributed by atoms with E-state index < -0.39 is 6.04 Å². The lowest BCUT2D eigenvalue weighted by Crippen LogP contribution is -2.47. The Balaban J connectivity index is 1.30. The molecule has 2 aliphatic heterocycles. The third-order valence-electron chi connectivity index (χ3n) is 5.57. The highest BCUT2D eigenvalue weighted by Crippen LogP contribution is 2.26. The maximum atomic E-state index is 12.7. The Labute approximate surface area is 173 Å². The first kappa shape index (κ1) is 19.1.